The molecule has 12 heteroatoms. The number of ether oxygens (including phenoxy) is 1. The Morgan fingerprint density at radius 3 is 2.74 bits per heavy atom. The van der Waals surface area contributed by atoms with Crippen molar-refractivity contribution in [1.29, 1.82) is 10.5 Å². The van der Waals surface area contributed by atoms with Gasteiger partial charge in [0, 0.05) is 48.5 Å². The average molecular weight is 513 g/mol. The third-order valence-corrected chi connectivity index (χ3v) is 7.41. The lowest BCUT2D eigenvalue weighted by molar-refractivity contribution is 0.0606. The van der Waals surface area contributed by atoms with E-state index in [1.807, 2.05) is 31.3 Å². The van der Waals surface area contributed by atoms with Gasteiger partial charge in [0.2, 0.25) is 5.95 Å². The molecule has 2 aliphatic rings. The fraction of sp³-hybridized carbons (Fsp3) is 0.423. The van der Waals surface area contributed by atoms with Crippen LogP contribution in [0.2, 0.25) is 0 Å². The highest BCUT2D eigenvalue weighted by Gasteiger charge is 2.34. The van der Waals surface area contributed by atoms with Gasteiger partial charge in [0.1, 0.15) is 12.1 Å². The zero-order chi connectivity index (χ0) is 26.2. The van der Waals surface area contributed by atoms with Crippen LogP contribution in [0, 0.1) is 22.7 Å². The lowest BCUT2D eigenvalue weighted by atomic mass is 10.0. The van der Waals surface area contributed by atoms with Gasteiger partial charge in [0.05, 0.1) is 37.1 Å². The molecule has 5 heterocycles. The average Bonchev–Trinajstić information content (AvgIpc) is 3.65. The summed E-state index contributed by atoms with van der Waals surface area (Å²) in [5, 5.41) is 41.2. The second kappa shape index (κ2) is 9.91. The molecule has 38 heavy (non-hydrogen) atoms. The first-order chi connectivity index (χ1) is 18.6. The summed E-state index contributed by atoms with van der Waals surface area (Å²) in [5.74, 6) is 0.838. The maximum Gasteiger partial charge on any atom is 0.247 e. The number of hydrogen-bond donors (Lipinski definition) is 3. The summed E-state index contributed by atoms with van der Waals surface area (Å²) in [5.41, 5.74) is 3.13. The summed E-state index contributed by atoms with van der Waals surface area (Å²) >= 11 is 0. The Hall–Kier alpha value is -4.23. The van der Waals surface area contributed by atoms with Gasteiger partial charge in [0.25, 0.3) is 0 Å². The van der Waals surface area contributed by atoms with Crippen LogP contribution in [0.3, 0.4) is 0 Å². The van der Waals surface area contributed by atoms with Gasteiger partial charge in [-0.05, 0) is 38.0 Å². The molecule has 2 fully saturated rings. The summed E-state index contributed by atoms with van der Waals surface area (Å²) in [4.78, 5) is 11.1. The van der Waals surface area contributed by atoms with E-state index >= 15 is 0 Å². The molecular formula is C26H28N10O2. The van der Waals surface area contributed by atoms with E-state index in [4.69, 9.17) is 4.74 Å². The van der Waals surface area contributed by atoms with Gasteiger partial charge >= 0.3 is 0 Å². The van der Waals surface area contributed by atoms with Gasteiger partial charge in [-0.2, -0.15) is 20.0 Å². The Morgan fingerprint density at radius 1 is 1.18 bits per heavy atom. The maximum absolute atomic E-state index is 10.2. The van der Waals surface area contributed by atoms with E-state index in [-0.39, 0.29) is 12.1 Å². The second-order valence-corrected chi connectivity index (χ2v) is 9.66. The minimum absolute atomic E-state index is 0.0710. The van der Waals surface area contributed by atoms with Crippen LogP contribution in [0.15, 0.2) is 30.6 Å². The highest BCUT2D eigenvalue weighted by atomic mass is 16.5. The number of hydrogen-bond acceptors (Lipinski definition) is 10. The lowest BCUT2D eigenvalue weighted by Crippen LogP contribution is -2.47. The number of likely N-dealkylation sites (tertiary alicyclic amines) is 1. The van der Waals surface area contributed by atoms with Gasteiger partial charge in [-0.25, -0.2) is 4.98 Å². The smallest absolute Gasteiger partial charge is 0.247 e. The summed E-state index contributed by atoms with van der Waals surface area (Å²) in [6, 6.07) is 10.7. The van der Waals surface area contributed by atoms with Crippen LogP contribution in [-0.4, -0.2) is 79.1 Å². The number of fused-ring (bicyclic) bond motifs is 2. The monoisotopic (exact) mass is 512 g/mol. The van der Waals surface area contributed by atoms with Crippen molar-refractivity contribution in [2.45, 2.75) is 38.0 Å². The van der Waals surface area contributed by atoms with E-state index in [2.05, 4.69) is 47.3 Å². The van der Waals surface area contributed by atoms with Crippen molar-refractivity contribution < 1.29 is 9.84 Å². The molecule has 0 bridgehead atoms. The highest BCUT2D eigenvalue weighted by Crippen LogP contribution is 2.33. The molecule has 2 unspecified atom stereocenters. The quantitative estimate of drug-likeness (QED) is 0.351. The van der Waals surface area contributed by atoms with E-state index in [0.29, 0.717) is 48.4 Å². The molecule has 2 aliphatic heterocycles. The highest BCUT2D eigenvalue weighted by molar-refractivity contribution is 5.90. The minimum Gasteiger partial charge on any atom is -0.389 e. The molecule has 3 N–H and O–H groups in total. The van der Waals surface area contributed by atoms with Crippen LogP contribution in [0.5, 0.6) is 0 Å². The molecule has 0 spiro atoms. The van der Waals surface area contributed by atoms with Gasteiger partial charge in [-0.3, -0.25) is 4.90 Å². The van der Waals surface area contributed by atoms with E-state index in [0.717, 1.165) is 42.5 Å². The van der Waals surface area contributed by atoms with E-state index in [1.165, 1.54) is 10.7 Å². The van der Waals surface area contributed by atoms with Crippen molar-refractivity contribution in [1.82, 2.24) is 29.0 Å². The van der Waals surface area contributed by atoms with Crippen LogP contribution in [0.1, 0.15) is 37.1 Å². The third kappa shape index (κ3) is 4.19. The Kier molecular flexibility index (Phi) is 6.29. The largest absolute Gasteiger partial charge is 0.389 e. The van der Waals surface area contributed by atoms with Crippen molar-refractivity contribution >= 4 is 34.0 Å². The molecule has 2 saturated heterocycles. The molecule has 4 aromatic rings. The third-order valence-electron chi connectivity index (χ3n) is 7.41. The van der Waals surface area contributed by atoms with E-state index in [9.17, 15) is 15.6 Å². The molecule has 2 atom stereocenters. The molecule has 6 rings (SSSR count). The Bertz CT molecular complexity index is 1570. The molecule has 0 saturated carbocycles. The molecule has 12 nitrogen and oxygen atoms in total. The van der Waals surface area contributed by atoms with Crippen LogP contribution in [0.25, 0.3) is 16.6 Å². The number of piperidine rings is 1. The SMILES string of the molecule is CCNc1nc(Nc2ccc3c(c2)c(C#N)cn3C2CCN(C3COCC3O)CC2)nn2c(C#N)cnc12. The van der Waals surface area contributed by atoms with Crippen LogP contribution >= 0.6 is 0 Å². The van der Waals surface area contributed by atoms with E-state index in [1.54, 1.807) is 0 Å². The Labute approximate surface area is 219 Å². The van der Waals surface area contributed by atoms with Crippen molar-refractivity contribution in [3.63, 3.8) is 0 Å². The standard InChI is InChI=1S/C26H28N10O2/c1-2-29-24-25-30-12-19(11-28)36(25)33-26(32-24)31-17-3-4-21-20(9-17)16(10-27)13-35(21)18-5-7-34(8-6-18)22-14-38-15-23(22)37/h3-4,9,12-13,18,22-23,37H,2,5-8,14-15H2,1H3,(H2,29,31,32,33). The summed E-state index contributed by atoms with van der Waals surface area (Å²) in [6.45, 7) is 5.34. The minimum atomic E-state index is -0.422. The van der Waals surface area contributed by atoms with Crippen LogP contribution in [-0.2, 0) is 4.74 Å². The van der Waals surface area contributed by atoms with Gasteiger partial charge in [-0.15, -0.1) is 5.10 Å². The lowest BCUT2D eigenvalue weighted by Gasteiger charge is -2.37. The zero-order valence-electron chi connectivity index (χ0n) is 21.0. The van der Waals surface area contributed by atoms with Crippen molar-refractivity contribution in [3.8, 4) is 12.1 Å². The number of rotatable bonds is 6. The number of nitrogens with one attached hydrogen (secondary N) is 2. The van der Waals surface area contributed by atoms with Gasteiger partial charge in [0.15, 0.2) is 17.2 Å². The number of anilines is 3. The topological polar surface area (TPSA) is 152 Å². The number of imidazole rings is 1. The fourth-order valence-electron chi connectivity index (χ4n) is 5.53. The van der Waals surface area contributed by atoms with Crippen molar-refractivity contribution in [3.05, 3.63) is 41.9 Å². The number of aliphatic hydroxyl groups is 1. The normalized spacial score (nSPS) is 20.5. The first-order valence-electron chi connectivity index (χ1n) is 12.8. The molecule has 1 aromatic carbocycles. The van der Waals surface area contributed by atoms with Crippen LogP contribution in [0.4, 0.5) is 17.5 Å². The molecule has 194 valence electrons. The number of benzene rings is 1. The Balaban J connectivity index is 1.27. The predicted molar refractivity (Wildman–Crippen MR) is 140 cm³/mol. The van der Waals surface area contributed by atoms with Gasteiger partial charge < -0.3 is 25.0 Å². The molecule has 0 aliphatic carbocycles. The predicted octanol–water partition coefficient (Wildman–Crippen LogP) is 2.39. The van der Waals surface area contributed by atoms with E-state index < -0.39 is 6.10 Å². The van der Waals surface area contributed by atoms with Gasteiger partial charge in [-0.1, -0.05) is 0 Å². The summed E-state index contributed by atoms with van der Waals surface area (Å²) < 4.78 is 9.12. The first kappa shape index (κ1) is 24.1. The number of aromatic nitrogens is 5. The molecule has 3 aromatic heterocycles. The maximum atomic E-state index is 10.2. The fourth-order valence-corrected chi connectivity index (χ4v) is 5.53. The molecular weight excluding hydrogens is 484 g/mol. The number of nitrogens with zero attached hydrogens (tertiary/aromatic N) is 8. The van der Waals surface area contributed by atoms with Crippen molar-refractivity contribution in [2.24, 2.45) is 0 Å². The first-order valence-corrected chi connectivity index (χ1v) is 12.8. The summed E-state index contributed by atoms with van der Waals surface area (Å²) in [7, 11) is 0. The molecule has 0 radical (unpaired) electrons. The number of nitriles is 2. The Morgan fingerprint density at radius 2 is 2.03 bits per heavy atom. The summed E-state index contributed by atoms with van der Waals surface area (Å²) in [6.07, 6.45) is 4.86. The zero-order valence-corrected chi connectivity index (χ0v) is 21.0. The van der Waals surface area contributed by atoms with Crippen LogP contribution < -0.4 is 10.6 Å². The second-order valence-electron chi connectivity index (χ2n) is 9.66. The van der Waals surface area contributed by atoms with Crippen molar-refractivity contribution in [2.75, 3.05) is 43.5 Å². The number of aliphatic hydroxyl groups excluding tert-OH is 1. The molecule has 0 amide bonds.